The van der Waals surface area contributed by atoms with Crippen LogP contribution < -0.4 is 5.32 Å². The molecular weight excluding hydrogens is 288 g/mol. The number of nitrogens with zero attached hydrogens (tertiary/aromatic N) is 1. The minimum Gasteiger partial charge on any atom is -0.361 e. The van der Waals surface area contributed by atoms with E-state index >= 15 is 0 Å². The smallest absolute Gasteiger partial charge is 0.138 e. The van der Waals surface area contributed by atoms with Crippen LogP contribution in [-0.2, 0) is 13.1 Å². The fourth-order valence-electron chi connectivity index (χ4n) is 1.52. The Morgan fingerprint density at radius 1 is 1.44 bits per heavy atom. The lowest BCUT2D eigenvalue weighted by Gasteiger charge is -2.02. The molecule has 0 saturated carbocycles. The van der Waals surface area contributed by atoms with Gasteiger partial charge in [0.15, 0.2) is 0 Å². The summed E-state index contributed by atoms with van der Waals surface area (Å²) in [6, 6.07) is 2.13. The van der Waals surface area contributed by atoms with E-state index in [-0.39, 0.29) is 0 Å². The van der Waals surface area contributed by atoms with Crippen molar-refractivity contribution in [3.05, 3.63) is 37.8 Å². The summed E-state index contributed by atoms with van der Waals surface area (Å²) in [6.07, 6.45) is 0. The zero-order chi connectivity index (χ0) is 11.5. The van der Waals surface area contributed by atoms with E-state index in [0.29, 0.717) is 0 Å². The lowest BCUT2D eigenvalue weighted by Crippen LogP contribution is -2.13. The molecule has 0 amide bonds. The van der Waals surface area contributed by atoms with Gasteiger partial charge in [-0.1, -0.05) is 5.16 Å². The molecule has 0 aliphatic rings. The van der Waals surface area contributed by atoms with Crippen LogP contribution >= 0.6 is 27.3 Å². The summed E-state index contributed by atoms with van der Waals surface area (Å²) in [7, 11) is 0. The van der Waals surface area contributed by atoms with Gasteiger partial charge in [0.1, 0.15) is 5.76 Å². The summed E-state index contributed by atoms with van der Waals surface area (Å²) >= 11 is 5.16. The number of thiophene rings is 1. The van der Waals surface area contributed by atoms with E-state index in [1.165, 1.54) is 9.35 Å². The molecule has 2 rings (SSSR count). The summed E-state index contributed by atoms with van der Waals surface area (Å²) in [4.78, 5) is 0. The molecule has 1 N–H and O–H groups in total. The molecule has 3 nitrogen and oxygen atoms in total. The van der Waals surface area contributed by atoms with Gasteiger partial charge in [-0.3, -0.25) is 0 Å². The van der Waals surface area contributed by atoms with Crippen molar-refractivity contribution in [2.45, 2.75) is 26.9 Å². The van der Waals surface area contributed by atoms with Gasteiger partial charge in [0, 0.05) is 18.7 Å². The monoisotopic (exact) mass is 300 g/mol. The SMILES string of the molecule is Cc1noc(C)c1CNCc1csc(Br)c1. The van der Waals surface area contributed by atoms with Crippen molar-refractivity contribution in [2.75, 3.05) is 0 Å². The van der Waals surface area contributed by atoms with Crippen LogP contribution in [0.2, 0.25) is 0 Å². The van der Waals surface area contributed by atoms with Crippen LogP contribution in [0, 0.1) is 13.8 Å². The maximum Gasteiger partial charge on any atom is 0.138 e. The Hall–Kier alpha value is -0.650. The van der Waals surface area contributed by atoms with Crippen molar-refractivity contribution < 1.29 is 4.52 Å². The summed E-state index contributed by atoms with van der Waals surface area (Å²) in [5.74, 6) is 0.900. The van der Waals surface area contributed by atoms with Gasteiger partial charge in [0.05, 0.1) is 9.48 Å². The van der Waals surface area contributed by atoms with Crippen molar-refractivity contribution in [3.63, 3.8) is 0 Å². The summed E-state index contributed by atoms with van der Waals surface area (Å²) in [5.41, 5.74) is 3.43. The second-order valence-electron chi connectivity index (χ2n) is 3.67. The minimum absolute atomic E-state index is 0.800. The number of rotatable bonds is 4. The van der Waals surface area contributed by atoms with Gasteiger partial charge in [-0.2, -0.15) is 0 Å². The zero-order valence-electron chi connectivity index (χ0n) is 9.21. The Balaban J connectivity index is 1.89. The molecule has 0 spiro atoms. The van der Waals surface area contributed by atoms with E-state index in [9.17, 15) is 0 Å². The molecule has 0 aliphatic carbocycles. The Morgan fingerprint density at radius 3 is 2.81 bits per heavy atom. The first kappa shape index (κ1) is 11.8. The van der Waals surface area contributed by atoms with E-state index in [2.05, 4.69) is 37.8 Å². The second kappa shape index (κ2) is 5.12. The van der Waals surface area contributed by atoms with Crippen LogP contribution in [0.5, 0.6) is 0 Å². The van der Waals surface area contributed by atoms with Crippen LogP contribution in [0.15, 0.2) is 19.8 Å². The third kappa shape index (κ3) is 2.72. The van der Waals surface area contributed by atoms with Gasteiger partial charge in [0.25, 0.3) is 0 Å². The highest BCUT2D eigenvalue weighted by atomic mass is 79.9. The van der Waals surface area contributed by atoms with E-state index < -0.39 is 0 Å². The molecule has 16 heavy (non-hydrogen) atoms. The van der Waals surface area contributed by atoms with E-state index in [1.807, 2.05) is 13.8 Å². The molecule has 86 valence electrons. The van der Waals surface area contributed by atoms with Gasteiger partial charge in [-0.15, -0.1) is 11.3 Å². The molecule has 5 heteroatoms. The standard InChI is InChI=1S/C11H13BrN2OS/c1-7-10(8(2)15-14-7)5-13-4-9-3-11(12)16-6-9/h3,6,13H,4-5H2,1-2H3. The van der Waals surface area contributed by atoms with Gasteiger partial charge in [0.2, 0.25) is 0 Å². The number of nitrogens with one attached hydrogen (secondary N) is 1. The topological polar surface area (TPSA) is 38.1 Å². The average Bonchev–Trinajstić information content (AvgIpc) is 2.78. The fraction of sp³-hybridized carbons (Fsp3) is 0.364. The molecule has 0 unspecified atom stereocenters. The Labute approximate surface area is 107 Å². The molecule has 2 aromatic rings. The van der Waals surface area contributed by atoms with Gasteiger partial charge >= 0.3 is 0 Å². The predicted octanol–water partition coefficient (Wildman–Crippen LogP) is 3.41. The van der Waals surface area contributed by atoms with Crippen LogP contribution in [0.1, 0.15) is 22.6 Å². The second-order valence-corrected chi connectivity index (χ2v) is 5.96. The van der Waals surface area contributed by atoms with Crippen LogP contribution in [0.4, 0.5) is 0 Å². The normalized spacial score (nSPS) is 10.9. The third-order valence-corrected chi connectivity index (χ3v) is 3.99. The molecule has 2 aromatic heterocycles. The molecule has 0 aromatic carbocycles. The quantitative estimate of drug-likeness (QED) is 0.940. The van der Waals surface area contributed by atoms with Crippen LogP contribution in [0.3, 0.4) is 0 Å². The lowest BCUT2D eigenvalue weighted by molar-refractivity contribution is 0.392. The van der Waals surface area contributed by atoms with E-state index in [0.717, 1.165) is 30.1 Å². The van der Waals surface area contributed by atoms with Crippen molar-refractivity contribution in [2.24, 2.45) is 0 Å². The van der Waals surface area contributed by atoms with Crippen molar-refractivity contribution >= 4 is 27.3 Å². The molecule has 0 bridgehead atoms. The Bertz CT molecular complexity index is 459. The third-order valence-electron chi connectivity index (χ3n) is 2.43. The summed E-state index contributed by atoms with van der Waals surface area (Å²) in [6.45, 7) is 5.58. The summed E-state index contributed by atoms with van der Waals surface area (Å²) < 4.78 is 6.27. The number of hydrogen-bond donors (Lipinski definition) is 1. The Kier molecular flexibility index (Phi) is 3.78. The highest BCUT2D eigenvalue weighted by Gasteiger charge is 2.07. The maximum absolute atomic E-state index is 5.11. The number of halogens is 1. The number of hydrogen-bond acceptors (Lipinski definition) is 4. The molecule has 0 radical (unpaired) electrons. The molecule has 2 heterocycles. The van der Waals surface area contributed by atoms with Crippen LogP contribution in [0.25, 0.3) is 0 Å². The Morgan fingerprint density at radius 2 is 2.25 bits per heavy atom. The van der Waals surface area contributed by atoms with Gasteiger partial charge in [-0.05, 0) is 46.8 Å². The minimum atomic E-state index is 0.800. The first-order valence-corrected chi connectivity index (χ1v) is 6.69. The van der Waals surface area contributed by atoms with Gasteiger partial charge < -0.3 is 9.84 Å². The lowest BCUT2D eigenvalue weighted by atomic mass is 10.2. The molecule has 0 aliphatic heterocycles. The first-order valence-electron chi connectivity index (χ1n) is 5.02. The van der Waals surface area contributed by atoms with Gasteiger partial charge in [-0.25, -0.2) is 0 Å². The maximum atomic E-state index is 5.11. The first-order chi connectivity index (χ1) is 7.66. The molecule has 0 fully saturated rings. The number of aryl methyl sites for hydroxylation is 2. The molecule has 0 saturated heterocycles. The predicted molar refractivity (Wildman–Crippen MR) is 68.5 cm³/mol. The van der Waals surface area contributed by atoms with Crippen LogP contribution in [-0.4, -0.2) is 5.16 Å². The van der Waals surface area contributed by atoms with E-state index in [1.54, 1.807) is 11.3 Å². The van der Waals surface area contributed by atoms with Crippen molar-refractivity contribution in [1.82, 2.24) is 10.5 Å². The highest BCUT2D eigenvalue weighted by molar-refractivity contribution is 9.11. The largest absolute Gasteiger partial charge is 0.361 e. The zero-order valence-corrected chi connectivity index (χ0v) is 11.6. The van der Waals surface area contributed by atoms with Crippen molar-refractivity contribution in [1.29, 1.82) is 0 Å². The van der Waals surface area contributed by atoms with Crippen molar-refractivity contribution in [3.8, 4) is 0 Å². The summed E-state index contributed by atoms with van der Waals surface area (Å²) in [5, 5.41) is 9.45. The fourth-order valence-corrected chi connectivity index (χ4v) is 2.73. The number of aromatic nitrogens is 1. The molecule has 0 atom stereocenters. The van der Waals surface area contributed by atoms with E-state index in [4.69, 9.17) is 4.52 Å². The average molecular weight is 301 g/mol. The highest BCUT2D eigenvalue weighted by Crippen LogP contribution is 2.20. The molecular formula is C11H13BrN2OS.